The summed E-state index contributed by atoms with van der Waals surface area (Å²) in [5.74, 6) is -1.13. The van der Waals surface area contributed by atoms with Crippen LogP contribution in [-0.4, -0.2) is 27.3 Å². The summed E-state index contributed by atoms with van der Waals surface area (Å²) in [7, 11) is 0. The largest absolute Gasteiger partial charge is 0.479 e. The average molecular weight is 288 g/mol. The van der Waals surface area contributed by atoms with Crippen molar-refractivity contribution in [3.05, 3.63) is 53.9 Å². The molecule has 0 spiro atoms. The number of amides is 2. The molecule has 1 aromatic heterocycles. The summed E-state index contributed by atoms with van der Waals surface area (Å²) in [6, 6.07) is 7.98. The zero-order valence-electron chi connectivity index (χ0n) is 11.5. The topological polar surface area (TPSA) is 107 Å². The van der Waals surface area contributed by atoms with Gasteiger partial charge >= 0.3 is 12.0 Å². The number of carbonyl (C=O) groups excluding carboxylic acids is 1. The second-order valence-corrected chi connectivity index (χ2v) is 4.71. The molecular weight excluding hydrogens is 272 g/mol. The Morgan fingerprint density at radius 1 is 1.33 bits per heavy atom. The number of carboxylic acids is 1. The molecular formula is C14H16N4O3. The Balaban J connectivity index is 2.06. The Morgan fingerprint density at radius 2 is 2.05 bits per heavy atom. The maximum atomic E-state index is 11.9. The van der Waals surface area contributed by atoms with Crippen molar-refractivity contribution in [2.45, 2.75) is 19.0 Å². The summed E-state index contributed by atoms with van der Waals surface area (Å²) in [4.78, 5) is 23.4. The third-order valence-corrected chi connectivity index (χ3v) is 3.15. The number of aromatic nitrogens is 2. The molecule has 1 atom stereocenters. The molecule has 7 heteroatoms. The summed E-state index contributed by atoms with van der Waals surface area (Å²) >= 11 is 0. The molecule has 4 N–H and O–H groups in total. The summed E-state index contributed by atoms with van der Waals surface area (Å²) in [6.07, 6.45) is 3.22. The third-order valence-electron chi connectivity index (χ3n) is 3.15. The predicted molar refractivity (Wildman–Crippen MR) is 75.4 cm³/mol. The molecule has 1 aromatic carbocycles. The molecule has 0 aliphatic heterocycles. The van der Waals surface area contributed by atoms with Gasteiger partial charge in [0.05, 0.1) is 6.20 Å². The maximum absolute atomic E-state index is 11.9. The molecule has 0 radical (unpaired) electrons. The fourth-order valence-electron chi connectivity index (χ4n) is 1.85. The number of aliphatic carboxylic acids is 1. The second kappa shape index (κ2) is 6.08. The summed E-state index contributed by atoms with van der Waals surface area (Å²) in [5.41, 5.74) is -0.209. The number of rotatable bonds is 5. The summed E-state index contributed by atoms with van der Waals surface area (Å²) in [6.45, 7) is 1.70. The average Bonchev–Trinajstić information content (AvgIpc) is 2.99. The highest BCUT2D eigenvalue weighted by molar-refractivity contribution is 5.87. The van der Waals surface area contributed by atoms with E-state index in [9.17, 15) is 14.7 Å². The van der Waals surface area contributed by atoms with Crippen LogP contribution < -0.4 is 10.6 Å². The first kappa shape index (κ1) is 14.6. The highest BCUT2D eigenvalue weighted by Gasteiger charge is 2.36. The highest BCUT2D eigenvalue weighted by atomic mass is 16.4. The molecule has 7 nitrogen and oxygen atoms in total. The van der Waals surface area contributed by atoms with Gasteiger partial charge in [0.15, 0.2) is 5.54 Å². The molecule has 110 valence electrons. The number of H-pyrrole nitrogens is 1. The van der Waals surface area contributed by atoms with E-state index < -0.39 is 17.5 Å². The van der Waals surface area contributed by atoms with Crippen molar-refractivity contribution in [1.29, 1.82) is 0 Å². The second-order valence-electron chi connectivity index (χ2n) is 4.71. The van der Waals surface area contributed by atoms with E-state index in [4.69, 9.17) is 0 Å². The van der Waals surface area contributed by atoms with E-state index in [1.54, 1.807) is 42.7 Å². The Bertz CT molecular complexity index is 612. The van der Waals surface area contributed by atoms with E-state index in [1.165, 1.54) is 6.92 Å². The van der Waals surface area contributed by atoms with Gasteiger partial charge in [0, 0.05) is 18.3 Å². The monoisotopic (exact) mass is 288 g/mol. The number of aromatic amines is 1. The normalized spacial score (nSPS) is 13.2. The number of hydrogen-bond donors (Lipinski definition) is 4. The lowest BCUT2D eigenvalue weighted by Crippen LogP contribution is -2.52. The molecule has 0 fully saturated rings. The maximum Gasteiger partial charge on any atom is 0.333 e. The molecule has 0 bridgehead atoms. The number of urea groups is 1. The molecule has 0 saturated carbocycles. The van der Waals surface area contributed by atoms with E-state index in [0.29, 0.717) is 5.56 Å². The molecule has 1 unspecified atom stereocenters. The fraction of sp³-hybridized carbons (Fsp3) is 0.214. The van der Waals surface area contributed by atoms with Crippen LogP contribution in [0.1, 0.15) is 18.1 Å². The molecule has 21 heavy (non-hydrogen) atoms. The van der Waals surface area contributed by atoms with Gasteiger partial charge in [-0.25, -0.2) is 9.59 Å². The van der Waals surface area contributed by atoms with Crippen LogP contribution in [-0.2, 0) is 16.9 Å². The first-order chi connectivity index (χ1) is 10.0. The standard InChI is InChI=1S/C14H16N4O3/c1-14(12(19)20,11-5-3-2-4-6-11)18-13(21)15-7-10-8-16-17-9-10/h2-6,8-9H,7H2,1H3,(H,16,17)(H,19,20)(H2,15,18,21). The number of carboxylic acid groups (broad SMARTS) is 1. The SMILES string of the molecule is CC(NC(=O)NCc1cn[nH]c1)(C(=O)O)c1ccccc1. The van der Waals surface area contributed by atoms with Crippen LogP contribution in [0.25, 0.3) is 0 Å². The van der Waals surface area contributed by atoms with Crippen molar-refractivity contribution in [2.24, 2.45) is 0 Å². The Labute approximate surface area is 121 Å². The summed E-state index contributed by atoms with van der Waals surface area (Å²) < 4.78 is 0. The lowest BCUT2D eigenvalue weighted by molar-refractivity contribution is -0.144. The minimum atomic E-state index is -1.50. The molecule has 2 amide bonds. The number of hydrogen-bond acceptors (Lipinski definition) is 3. The van der Waals surface area contributed by atoms with Gasteiger partial charge in [0.1, 0.15) is 0 Å². The van der Waals surface area contributed by atoms with Gasteiger partial charge in [-0.05, 0) is 12.5 Å². The molecule has 0 saturated heterocycles. The van der Waals surface area contributed by atoms with Crippen molar-refractivity contribution >= 4 is 12.0 Å². The smallest absolute Gasteiger partial charge is 0.333 e. The molecule has 0 aliphatic rings. The van der Waals surface area contributed by atoms with E-state index in [2.05, 4.69) is 20.8 Å². The van der Waals surface area contributed by atoms with E-state index in [1.807, 2.05) is 0 Å². The first-order valence-corrected chi connectivity index (χ1v) is 6.35. The Hall–Kier alpha value is -2.83. The third kappa shape index (κ3) is 3.38. The Kier molecular flexibility index (Phi) is 4.22. The number of nitrogens with one attached hydrogen (secondary N) is 3. The Morgan fingerprint density at radius 3 is 2.62 bits per heavy atom. The van der Waals surface area contributed by atoms with Gasteiger partial charge in [0.25, 0.3) is 0 Å². The van der Waals surface area contributed by atoms with Crippen LogP contribution >= 0.6 is 0 Å². The van der Waals surface area contributed by atoms with E-state index in [0.717, 1.165) is 5.56 Å². The quantitative estimate of drug-likeness (QED) is 0.663. The highest BCUT2D eigenvalue weighted by Crippen LogP contribution is 2.20. The van der Waals surface area contributed by atoms with Crippen molar-refractivity contribution in [3.63, 3.8) is 0 Å². The molecule has 1 heterocycles. The van der Waals surface area contributed by atoms with Gasteiger partial charge in [0.2, 0.25) is 0 Å². The lowest BCUT2D eigenvalue weighted by atomic mass is 9.92. The van der Waals surface area contributed by atoms with Crippen LogP contribution in [0.5, 0.6) is 0 Å². The van der Waals surface area contributed by atoms with Crippen LogP contribution in [0.2, 0.25) is 0 Å². The summed E-state index contributed by atoms with van der Waals surface area (Å²) in [5, 5.41) is 20.9. The molecule has 0 aliphatic carbocycles. The molecule has 2 aromatic rings. The van der Waals surface area contributed by atoms with Crippen molar-refractivity contribution in [1.82, 2.24) is 20.8 Å². The van der Waals surface area contributed by atoms with Crippen LogP contribution in [0.3, 0.4) is 0 Å². The number of nitrogens with zero attached hydrogens (tertiary/aromatic N) is 1. The van der Waals surface area contributed by atoms with Gasteiger partial charge < -0.3 is 15.7 Å². The minimum absolute atomic E-state index is 0.257. The van der Waals surface area contributed by atoms with Crippen LogP contribution in [0.4, 0.5) is 4.79 Å². The minimum Gasteiger partial charge on any atom is -0.479 e. The molecule has 2 rings (SSSR count). The first-order valence-electron chi connectivity index (χ1n) is 6.35. The fourth-order valence-corrected chi connectivity index (χ4v) is 1.85. The van der Waals surface area contributed by atoms with Crippen molar-refractivity contribution < 1.29 is 14.7 Å². The zero-order valence-corrected chi connectivity index (χ0v) is 11.5. The van der Waals surface area contributed by atoms with Crippen LogP contribution in [0.15, 0.2) is 42.7 Å². The van der Waals surface area contributed by atoms with Gasteiger partial charge in [-0.3, -0.25) is 5.10 Å². The van der Waals surface area contributed by atoms with Gasteiger partial charge in [-0.2, -0.15) is 5.10 Å². The van der Waals surface area contributed by atoms with E-state index in [-0.39, 0.29) is 6.54 Å². The lowest BCUT2D eigenvalue weighted by Gasteiger charge is -2.26. The number of benzene rings is 1. The van der Waals surface area contributed by atoms with Crippen molar-refractivity contribution in [2.75, 3.05) is 0 Å². The number of carbonyl (C=O) groups is 2. The van der Waals surface area contributed by atoms with Crippen LogP contribution in [0, 0.1) is 0 Å². The van der Waals surface area contributed by atoms with Gasteiger partial charge in [-0.1, -0.05) is 30.3 Å². The van der Waals surface area contributed by atoms with Crippen molar-refractivity contribution in [3.8, 4) is 0 Å². The van der Waals surface area contributed by atoms with E-state index >= 15 is 0 Å². The van der Waals surface area contributed by atoms with Gasteiger partial charge in [-0.15, -0.1) is 0 Å². The predicted octanol–water partition coefficient (Wildman–Crippen LogP) is 1.21. The zero-order chi connectivity index (χ0) is 15.3.